The third-order valence-electron chi connectivity index (χ3n) is 2.30. The normalized spacial score (nSPS) is 10.4. The highest BCUT2D eigenvalue weighted by molar-refractivity contribution is 9.10. The van der Waals surface area contributed by atoms with Gasteiger partial charge in [-0.15, -0.1) is 0 Å². The SMILES string of the molecule is [SiH3]c1ccccc1-c1ccc(Br)cc1. The standard InChI is InChI=1S/C12H11BrSi/c13-10-7-5-9(6-8-10)11-3-1-2-4-12(11)14/h1-8H,14H3. The fraction of sp³-hybridized carbons (Fsp3) is 0. The summed E-state index contributed by atoms with van der Waals surface area (Å²) in [6, 6.07) is 17.1. The second-order valence-corrected chi connectivity index (χ2v) is 5.31. The van der Waals surface area contributed by atoms with E-state index in [2.05, 4.69) is 64.5 Å². The quantitative estimate of drug-likeness (QED) is 0.691. The average molecular weight is 263 g/mol. The fourth-order valence-electron chi connectivity index (χ4n) is 1.53. The Labute approximate surface area is 95.5 Å². The van der Waals surface area contributed by atoms with Gasteiger partial charge in [0.2, 0.25) is 0 Å². The third-order valence-corrected chi connectivity index (χ3v) is 3.70. The molecule has 0 bridgehead atoms. The summed E-state index contributed by atoms with van der Waals surface area (Å²) in [5, 5.41) is 1.45. The van der Waals surface area contributed by atoms with E-state index in [1.54, 1.807) is 0 Å². The molecule has 2 aromatic rings. The highest BCUT2D eigenvalue weighted by atomic mass is 79.9. The van der Waals surface area contributed by atoms with E-state index >= 15 is 0 Å². The number of hydrogen-bond acceptors (Lipinski definition) is 0. The van der Waals surface area contributed by atoms with Crippen molar-refractivity contribution in [2.24, 2.45) is 0 Å². The van der Waals surface area contributed by atoms with Crippen LogP contribution in [0.4, 0.5) is 0 Å². The molecule has 0 aromatic heterocycles. The summed E-state index contributed by atoms with van der Waals surface area (Å²) in [6.07, 6.45) is 0. The lowest BCUT2D eigenvalue weighted by molar-refractivity contribution is 1.61. The molecule has 0 nitrogen and oxygen atoms in total. The van der Waals surface area contributed by atoms with Gasteiger partial charge in [0, 0.05) is 14.7 Å². The summed E-state index contributed by atoms with van der Waals surface area (Å²) >= 11 is 3.45. The van der Waals surface area contributed by atoms with E-state index in [0.29, 0.717) is 0 Å². The molecule has 0 amide bonds. The molecule has 0 fully saturated rings. The molecule has 2 heteroatoms. The molecule has 0 saturated carbocycles. The minimum absolute atomic E-state index is 1.10. The molecular formula is C12H11BrSi. The van der Waals surface area contributed by atoms with Gasteiger partial charge in [0.1, 0.15) is 0 Å². The fourth-order valence-corrected chi connectivity index (χ4v) is 2.44. The van der Waals surface area contributed by atoms with Crippen LogP contribution in [0.25, 0.3) is 11.1 Å². The van der Waals surface area contributed by atoms with Gasteiger partial charge in [0.15, 0.2) is 0 Å². The molecule has 0 aliphatic rings. The van der Waals surface area contributed by atoms with Crippen molar-refractivity contribution < 1.29 is 0 Å². The molecule has 70 valence electrons. The molecule has 0 atom stereocenters. The van der Waals surface area contributed by atoms with Crippen LogP contribution in [-0.2, 0) is 0 Å². The zero-order valence-electron chi connectivity index (χ0n) is 8.00. The van der Waals surface area contributed by atoms with Crippen LogP contribution in [0.2, 0.25) is 0 Å². The van der Waals surface area contributed by atoms with E-state index in [1.807, 2.05) is 0 Å². The van der Waals surface area contributed by atoms with Crippen LogP contribution in [0.1, 0.15) is 0 Å². The van der Waals surface area contributed by atoms with Gasteiger partial charge in [-0.1, -0.05) is 57.5 Å². The zero-order valence-corrected chi connectivity index (χ0v) is 11.6. The van der Waals surface area contributed by atoms with Gasteiger partial charge >= 0.3 is 0 Å². The van der Waals surface area contributed by atoms with E-state index in [9.17, 15) is 0 Å². The lowest BCUT2D eigenvalue weighted by atomic mass is 10.1. The molecule has 0 N–H and O–H groups in total. The molecule has 14 heavy (non-hydrogen) atoms. The van der Waals surface area contributed by atoms with E-state index in [-0.39, 0.29) is 0 Å². The Hall–Kier alpha value is -0.863. The van der Waals surface area contributed by atoms with Gasteiger partial charge in [-0.05, 0) is 23.3 Å². The van der Waals surface area contributed by atoms with Crippen LogP contribution in [0.15, 0.2) is 53.0 Å². The maximum atomic E-state index is 3.45. The van der Waals surface area contributed by atoms with Gasteiger partial charge in [-0.3, -0.25) is 0 Å². The molecular weight excluding hydrogens is 252 g/mol. The Kier molecular flexibility index (Phi) is 2.84. The van der Waals surface area contributed by atoms with Gasteiger partial charge in [0.25, 0.3) is 0 Å². The van der Waals surface area contributed by atoms with Gasteiger partial charge in [-0.25, -0.2) is 0 Å². The Morgan fingerprint density at radius 1 is 0.857 bits per heavy atom. The summed E-state index contributed by atoms with van der Waals surface area (Å²) in [5.74, 6) is 0. The Balaban J connectivity index is 2.50. The predicted molar refractivity (Wildman–Crippen MR) is 69.2 cm³/mol. The second-order valence-electron chi connectivity index (χ2n) is 3.32. The highest BCUT2D eigenvalue weighted by Crippen LogP contribution is 2.19. The van der Waals surface area contributed by atoms with E-state index in [0.717, 1.165) is 14.7 Å². The summed E-state index contributed by atoms with van der Waals surface area (Å²) < 4.78 is 1.13. The van der Waals surface area contributed by atoms with E-state index in [1.165, 1.54) is 16.3 Å². The van der Waals surface area contributed by atoms with Crippen molar-refractivity contribution in [3.63, 3.8) is 0 Å². The second kappa shape index (κ2) is 4.11. The molecule has 0 aliphatic heterocycles. The maximum absolute atomic E-state index is 3.45. The van der Waals surface area contributed by atoms with E-state index in [4.69, 9.17) is 0 Å². The molecule has 0 spiro atoms. The van der Waals surface area contributed by atoms with E-state index < -0.39 is 0 Å². The Morgan fingerprint density at radius 3 is 2.14 bits per heavy atom. The summed E-state index contributed by atoms with van der Waals surface area (Å²) in [4.78, 5) is 0. The smallest absolute Gasteiger partial charge is 0.0393 e. The van der Waals surface area contributed by atoms with Crippen molar-refractivity contribution in [3.05, 3.63) is 53.0 Å². The molecule has 0 radical (unpaired) electrons. The minimum Gasteiger partial charge on any atom is -0.0634 e. The van der Waals surface area contributed by atoms with Crippen molar-refractivity contribution >= 4 is 31.4 Å². The maximum Gasteiger partial charge on any atom is 0.0393 e. The largest absolute Gasteiger partial charge is 0.0634 e. The van der Waals surface area contributed by atoms with Crippen LogP contribution < -0.4 is 5.19 Å². The van der Waals surface area contributed by atoms with Crippen molar-refractivity contribution in [3.8, 4) is 11.1 Å². The van der Waals surface area contributed by atoms with Crippen molar-refractivity contribution in [2.45, 2.75) is 0 Å². The summed E-state index contributed by atoms with van der Waals surface area (Å²) in [6.45, 7) is 0. The molecule has 0 heterocycles. The van der Waals surface area contributed by atoms with Crippen LogP contribution in [0, 0.1) is 0 Å². The first-order valence-electron chi connectivity index (χ1n) is 4.59. The highest BCUT2D eigenvalue weighted by Gasteiger charge is 1.99. The number of rotatable bonds is 1. The predicted octanol–water partition coefficient (Wildman–Crippen LogP) is 2.11. The van der Waals surface area contributed by atoms with Gasteiger partial charge < -0.3 is 0 Å². The summed E-state index contributed by atoms with van der Waals surface area (Å²) in [5.41, 5.74) is 2.67. The monoisotopic (exact) mass is 262 g/mol. The topological polar surface area (TPSA) is 0 Å². The molecule has 2 rings (SSSR count). The van der Waals surface area contributed by atoms with Crippen molar-refractivity contribution in [2.75, 3.05) is 0 Å². The third kappa shape index (κ3) is 1.96. The minimum atomic E-state index is 1.10. The first-order valence-corrected chi connectivity index (χ1v) is 6.38. The first kappa shape index (κ1) is 9.68. The zero-order chi connectivity index (χ0) is 9.97. The number of benzene rings is 2. The number of hydrogen-bond donors (Lipinski definition) is 0. The van der Waals surface area contributed by atoms with Crippen LogP contribution in [0.3, 0.4) is 0 Å². The van der Waals surface area contributed by atoms with Crippen LogP contribution in [-0.4, -0.2) is 10.2 Å². The molecule has 2 aromatic carbocycles. The Morgan fingerprint density at radius 2 is 1.50 bits per heavy atom. The van der Waals surface area contributed by atoms with Crippen LogP contribution in [0.5, 0.6) is 0 Å². The van der Waals surface area contributed by atoms with Gasteiger partial charge in [0.05, 0.1) is 0 Å². The van der Waals surface area contributed by atoms with Crippen LogP contribution >= 0.6 is 15.9 Å². The van der Waals surface area contributed by atoms with Crippen molar-refractivity contribution in [1.29, 1.82) is 0 Å². The Bertz CT molecular complexity index is 434. The molecule has 0 aliphatic carbocycles. The summed E-state index contributed by atoms with van der Waals surface area (Å²) in [7, 11) is 1.10. The molecule has 0 unspecified atom stereocenters. The number of halogens is 1. The molecule has 0 saturated heterocycles. The van der Waals surface area contributed by atoms with Crippen molar-refractivity contribution in [1.82, 2.24) is 0 Å². The average Bonchev–Trinajstić information content (AvgIpc) is 2.20. The van der Waals surface area contributed by atoms with Gasteiger partial charge in [-0.2, -0.15) is 0 Å². The lowest BCUT2D eigenvalue weighted by Gasteiger charge is -2.05. The lowest BCUT2D eigenvalue weighted by Crippen LogP contribution is -2.04. The first-order chi connectivity index (χ1) is 6.77.